The highest BCUT2D eigenvalue weighted by Gasteiger charge is 2.27. The van der Waals surface area contributed by atoms with Crippen LogP contribution in [0.4, 0.5) is 5.69 Å². The summed E-state index contributed by atoms with van der Waals surface area (Å²) in [4.78, 5) is 33.7. The lowest BCUT2D eigenvalue weighted by atomic mass is 10.2. The molecule has 0 aromatic heterocycles. The number of carbonyl (C=O) groups excluding carboxylic acids is 2. The number of aromatic carboxylic acids is 1. The van der Waals surface area contributed by atoms with E-state index in [1.807, 2.05) is 0 Å². The van der Waals surface area contributed by atoms with Gasteiger partial charge in [-0.3, -0.25) is 9.59 Å². The van der Waals surface area contributed by atoms with E-state index in [1.165, 1.54) is 18.2 Å². The molecular formula is C12H11BrN2O4. The summed E-state index contributed by atoms with van der Waals surface area (Å²) in [7, 11) is 0. The van der Waals surface area contributed by atoms with Gasteiger partial charge in [0, 0.05) is 10.9 Å². The molecule has 19 heavy (non-hydrogen) atoms. The Kier molecular flexibility index (Phi) is 3.84. The molecule has 2 amide bonds. The molecule has 0 spiro atoms. The smallest absolute Gasteiger partial charge is 0.335 e. The first kappa shape index (κ1) is 13.5. The number of halogens is 1. The van der Waals surface area contributed by atoms with E-state index in [2.05, 4.69) is 26.6 Å². The van der Waals surface area contributed by atoms with Crippen molar-refractivity contribution < 1.29 is 19.5 Å². The number of anilines is 1. The Morgan fingerprint density at radius 2 is 2.16 bits per heavy atom. The third-order valence-corrected chi connectivity index (χ3v) is 3.44. The molecule has 1 aliphatic rings. The summed E-state index contributed by atoms with van der Waals surface area (Å²) in [6.07, 6.45) is 0.812. The first-order valence-electron chi connectivity index (χ1n) is 5.60. The predicted molar refractivity (Wildman–Crippen MR) is 70.9 cm³/mol. The highest BCUT2D eigenvalue weighted by atomic mass is 79.9. The van der Waals surface area contributed by atoms with E-state index in [4.69, 9.17) is 5.11 Å². The monoisotopic (exact) mass is 326 g/mol. The molecule has 1 aromatic rings. The van der Waals surface area contributed by atoms with Crippen LogP contribution in [0.2, 0.25) is 0 Å². The van der Waals surface area contributed by atoms with Crippen molar-refractivity contribution in [3.8, 4) is 0 Å². The van der Waals surface area contributed by atoms with Crippen LogP contribution in [0.3, 0.4) is 0 Å². The van der Waals surface area contributed by atoms with Crippen molar-refractivity contribution in [1.29, 1.82) is 0 Å². The van der Waals surface area contributed by atoms with Gasteiger partial charge in [-0.25, -0.2) is 4.79 Å². The van der Waals surface area contributed by atoms with Crippen LogP contribution in [-0.4, -0.2) is 28.9 Å². The van der Waals surface area contributed by atoms with E-state index in [1.54, 1.807) is 0 Å². The maximum atomic E-state index is 11.9. The summed E-state index contributed by atoms with van der Waals surface area (Å²) in [6, 6.07) is 3.78. The predicted octanol–water partition coefficient (Wildman–Crippen LogP) is 1.36. The van der Waals surface area contributed by atoms with E-state index in [-0.39, 0.29) is 17.4 Å². The lowest BCUT2D eigenvalue weighted by Crippen LogP contribution is -2.37. The van der Waals surface area contributed by atoms with E-state index < -0.39 is 12.0 Å². The van der Waals surface area contributed by atoms with Crippen molar-refractivity contribution in [3.63, 3.8) is 0 Å². The molecule has 2 rings (SSSR count). The number of carboxylic acid groups (broad SMARTS) is 1. The highest BCUT2D eigenvalue weighted by Crippen LogP contribution is 2.24. The summed E-state index contributed by atoms with van der Waals surface area (Å²) in [5.74, 6) is -1.49. The van der Waals surface area contributed by atoms with Crippen molar-refractivity contribution in [1.82, 2.24) is 5.32 Å². The van der Waals surface area contributed by atoms with Crippen molar-refractivity contribution in [2.45, 2.75) is 18.9 Å². The number of benzene rings is 1. The summed E-state index contributed by atoms with van der Waals surface area (Å²) in [5, 5.41) is 14.0. The van der Waals surface area contributed by atoms with Gasteiger partial charge in [-0.1, -0.05) is 0 Å². The standard InChI is InChI=1S/C12H11BrN2O4/c13-7-5-6(12(18)19)1-2-8(7)15-11(17)9-3-4-10(16)14-9/h1-2,5,9H,3-4H2,(H,14,16)(H,15,17)(H,18,19)/t9-/m0/s1. The lowest BCUT2D eigenvalue weighted by Gasteiger charge is -2.12. The maximum absolute atomic E-state index is 11.9. The first-order valence-corrected chi connectivity index (χ1v) is 6.40. The molecule has 1 fully saturated rings. The van der Waals surface area contributed by atoms with Crippen LogP contribution < -0.4 is 10.6 Å². The van der Waals surface area contributed by atoms with Crippen molar-refractivity contribution in [2.24, 2.45) is 0 Å². The maximum Gasteiger partial charge on any atom is 0.335 e. The molecule has 0 radical (unpaired) electrons. The second-order valence-electron chi connectivity index (χ2n) is 4.15. The molecule has 1 aliphatic heterocycles. The lowest BCUT2D eigenvalue weighted by molar-refractivity contribution is -0.122. The Bertz CT molecular complexity index is 559. The van der Waals surface area contributed by atoms with Gasteiger partial charge in [-0.2, -0.15) is 0 Å². The van der Waals surface area contributed by atoms with Gasteiger partial charge in [-0.15, -0.1) is 0 Å². The third kappa shape index (κ3) is 3.11. The summed E-state index contributed by atoms with van der Waals surface area (Å²) in [5.41, 5.74) is 0.593. The number of nitrogens with one attached hydrogen (secondary N) is 2. The number of amides is 2. The minimum atomic E-state index is -1.04. The number of carbonyl (C=O) groups is 3. The molecule has 0 saturated carbocycles. The van der Waals surface area contributed by atoms with Gasteiger partial charge in [0.25, 0.3) is 0 Å². The minimum absolute atomic E-state index is 0.124. The average molecular weight is 327 g/mol. The Labute approximate surface area is 117 Å². The molecule has 100 valence electrons. The molecule has 0 unspecified atom stereocenters. The fourth-order valence-electron chi connectivity index (χ4n) is 1.78. The van der Waals surface area contributed by atoms with Gasteiger partial charge >= 0.3 is 5.97 Å². The van der Waals surface area contributed by atoms with Gasteiger partial charge in [0.1, 0.15) is 6.04 Å². The molecule has 0 bridgehead atoms. The molecule has 1 aromatic carbocycles. The van der Waals surface area contributed by atoms with E-state index >= 15 is 0 Å². The number of carboxylic acids is 1. The van der Waals surface area contributed by atoms with Crippen molar-refractivity contribution in [2.75, 3.05) is 5.32 Å². The zero-order valence-corrected chi connectivity index (χ0v) is 11.4. The normalized spacial score (nSPS) is 17.9. The summed E-state index contributed by atoms with van der Waals surface area (Å²) >= 11 is 3.20. The molecule has 1 saturated heterocycles. The molecule has 1 atom stereocenters. The van der Waals surface area contributed by atoms with Crippen molar-refractivity contribution >= 4 is 39.4 Å². The minimum Gasteiger partial charge on any atom is -0.478 e. The Morgan fingerprint density at radius 1 is 1.42 bits per heavy atom. The Balaban J connectivity index is 2.09. The fourth-order valence-corrected chi connectivity index (χ4v) is 2.26. The molecule has 1 heterocycles. The third-order valence-electron chi connectivity index (χ3n) is 2.79. The molecule has 6 nitrogen and oxygen atoms in total. The summed E-state index contributed by atoms with van der Waals surface area (Å²) < 4.78 is 0.477. The fraction of sp³-hybridized carbons (Fsp3) is 0.250. The molecular weight excluding hydrogens is 316 g/mol. The number of rotatable bonds is 3. The van der Waals surface area contributed by atoms with Gasteiger partial charge in [0.2, 0.25) is 11.8 Å². The van der Waals surface area contributed by atoms with Crippen LogP contribution in [0.25, 0.3) is 0 Å². The second kappa shape index (κ2) is 5.40. The van der Waals surface area contributed by atoms with Gasteiger partial charge in [0.15, 0.2) is 0 Å². The van der Waals surface area contributed by atoms with Gasteiger partial charge < -0.3 is 15.7 Å². The largest absolute Gasteiger partial charge is 0.478 e. The quantitative estimate of drug-likeness (QED) is 0.781. The van der Waals surface area contributed by atoms with E-state index in [0.717, 1.165) is 0 Å². The van der Waals surface area contributed by atoms with Crippen molar-refractivity contribution in [3.05, 3.63) is 28.2 Å². The first-order chi connectivity index (χ1) is 8.97. The Morgan fingerprint density at radius 3 is 2.68 bits per heavy atom. The van der Waals surface area contributed by atoms with E-state index in [9.17, 15) is 14.4 Å². The summed E-state index contributed by atoms with van der Waals surface area (Å²) in [6.45, 7) is 0. The SMILES string of the molecule is O=C1CC[C@@H](C(=O)Nc2ccc(C(=O)O)cc2Br)N1. The zero-order chi connectivity index (χ0) is 14.0. The van der Waals surface area contributed by atoms with Crippen LogP contribution >= 0.6 is 15.9 Å². The van der Waals surface area contributed by atoms with Gasteiger partial charge in [0.05, 0.1) is 11.3 Å². The second-order valence-corrected chi connectivity index (χ2v) is 5.00. The highest BCUT2D eigenvalue weighted by molar-refractivity contribution is 9.10. The number of hydrogen-bond acceptors (Lipinski definition) is 3. The zero-order valence-electron chi connectivity index (χ0n) is 9.77. The number of hydrogen-bond donors (Lipinski definition) is 3. The Hall–Kier alpha value is -1.89. The molecule has 3 N–H and O–H groups in total. The van der Waals surface area contributed by atoms with Crippen LogP contribution in [-0.2, 0) is 9.59 Å². The topological polar surface area (TPSA) is 95.5 Å². The molecule has 7 heteroatoms. The van der Waals surface area contributed by atoms with Crippen LogP contribution in [0.1, 0.15) is 23.2 Å². The van der Waals surface area contributed by atoms with Gasteiger partial charge in [-0.05, 0) is 40.5 Å². The molecule has 0 aliphatic carbocycles. The van der Waals surface area contributed by atoms with Crippen LogP contribution in [0.5, 0.6) is 0 Å². The van der Waals surface area contributed by atoms with Crippen LogP contribution in [0, 0.1) is 0 Å². The van der Waals surface area contributed by atoms with E-state index in [0.29, 0.717) is 23.0 Å². The van der Waals surface area contributed by atoms with Crippen LogP contribution in [0.15, 0.2) is 22.7 Å². The average Bonchev–Trinajstić information content (AvgIpc) is 2.78.